The molecule has 104 valence electrons. The highest BCUT2D eigenvalue weighted by molar-refractivity contribution is 5.75. The number of carboxylic acid groups (broad SMARTS) is 1. The number of nitrogens with zero attached hydrogens (tertiary/aromatic N) is 1. The number of morpholine rings is 1. The summed E-state index contributed by atoms with van der Waals surface area (Å²) in [5.41, 5.74) is 0.751. The first-order valence-electron chi connectivity index (χ1n) is 6.40. The molecule has 0 bridgehead atoms. The maximum Gasteiger partial charge on any atom is 0.325 e. The second-order valence-corrected chi connectivity index (χ2v) is 4.86. The Labute approximate surface area is 112 Å². The van der Waals surface area contributed by atoms with Crippen LogP contribution in [0.4, 0.5) is 0 Å². The summed E-state index contributed by atoms with van der Waals surface area (Å²) < 4.78 is 5.55. The number of benzene rings is 1. The van der Waals surface area contributed by atoms with E-state index in [0.717, 1.165) is 5.56 Å². The first kappa shape index (κ1) is 14.0. The van der Waals surface area contributed by atoms with Gasteiger partial charge in [0.15, 0.2) is 0 Å². The second-order valence-electron chi connectivity index (χ2n) is 4.86. The summed E-state index contributed by atoms with van der Waals surface area (Å²) in [6.45, 7) is 2.76. The lowest BCUT2D eigenvalue weighted by Crippen LogP contribution is -2.50. The fourth-order valence-electron chi connectivity index (χ4n) is 2.54. The van der Waals surface area contributed by atoms with Gasteiger partial charge >= 0.3 is 5.97 Å². The van der Waals surface area contributed by atoms with Gasteiger partial charge in [0.25, 0.3) is 0 Å². The molecule has 3 unspecified atom stereocenters. The first-order chi connectivity index (χ1) is 9.11. The van der Waals surface area contributed by atoms with Crippen LogP contribution in [-0.2, 0) is 9.53 Å². The lowest BCUT2D eigenvalue weighted by molar-refractivity contribution is -0.152. The van der Waals surface area contributed by atoms with E-state index in [1.807, 2.05) is 42.2 Å². The molecule has 0 aliphatic carbocycles. The summed E-state index contributed by atoms with van der Waals surface area (Å²) in [7, 11) is 0. The average molecular weight is 265 g/mol. The van der Waals surface area contributed by atoms with E-state index in [2.05, 4.69) is 0 Å². The molecule has 1 aromatic carbocycles. The highest BCUT2D eigenvalue weighted by atomic mass is 16.5. The molecular weight excluding hydrogens is 246 g/mol. The number of carboxylic acids is 1. The van der Waals surface area contributed by atoms with Crippen molar-refractivity contribution in [2.24, 2.45) is 0 Å². The van der Waals surface area contributed by atoms with Crippen molar-refractivity contribution in [1.29, 1.82) is 0 Å². The van der Waals surface area contributed by atoms with Crippen LogP contribution < -0.4 is 0 Å². The van der Waals surface area contributed by atoms with Crippen LogP contribution in [0.15, 0.2) is 30.3 Å². The molecule has 1 fully saturated rings. The minimum Gasteiger partial charge on any atom is -0.480 e. The summed E-state index contributed by atoms with van der Waals surface area (Å²) in [5.74, 6) is -0.878. The van der Waals surface area contributed by atoms with Crippen LogP contribution in [0.1, 0.15) is 18.5 Å². The molecule has 0 saturated carbocycles. The quantitative estimate of drug-likeness (QED) is 0.846. The van der Waals surface area contributed by atoms with Gasteiger partial charge in [0.1, 0.15) is 6.04 Å². The normalized spacial score (nSPS) is 26.0. The number of rotatable bonds is 4. The molecule has 1 aliphatic rings. The van der Waals surface area contributed by atoms with Crippen molar-refractivity contribution in [2.45, 2.75) is 25.2 Å². The number of ether oxygens (including phenoxy) is 1. The third kappa shape index (κ3) is 3.32. The van der Waals surface area contributed by atoms with Crippen LogP contribution in [0.2, 0.25) is 0 Å². The van der Waals surface area contributed by atoms with E-state index in [0.29, 0.717) is 13.1 Å². The Morgan fingerprint density at radius 3 is 2.68 bits per heavy atom. The van der Waals surface area contributed by atoms with Gasteiger partial charge in [-0.05, 0) is 12.5 Å². The van der Waals surface area contributed by atoms with Gasteiger partial charge in [0, 0.05) is 13.1 Å². The Balaban J connectivity index is 2.22. The number of aliphatic hydroxyl groups is 1. The molecule has 2 rings (SSSR count). The van der Waals surface area contributed by atoms with Gasteiger partial charge < -0.3 is 14.9 Å². The van der Waals surface area contributed by atoms with Crippen LogP contribution in [0.3, 0.4) is 0 Å². The van der Waals surface area contributed by atoms with E-state index < -0.39 is 12.0 Å². The minimum absolute atomic E-state index is 0.0866. The van der Waals surface area contributed by atoms with Crippen LogP contribution in [-0.4, -0.2) is 53.0 Å². The maximum atomic E-state index is 11.6. The molecule has 0 aromatic heterocycles. The smallest absolute Gasteiger partial charge is 0.325 e. The molecule has 0 spiro atoms. The number of aliphatic hydroxyl groups excluding tert-OH is 1. The van der Waals surface area contributed by atoms with Crippen molar-refractivity contribution in [3.63, 3.8) is 0 Å². The van der Waals surface area contributed by atoms with Crippen LogP contribution in [0, 0.1) is 0 Å². The van der Waals surface area contributed by atoms with E-state index in [1.165, 1.54) is 0 Å². The second kappa shape index (κ2) is 6.14. The Hall–Kier alpha value is -1.43. The standard InChI is InChI=1S/C14H19NO4/c1-10-7-15(8-12(9-16)19-10)13(14(17)18)11-5-3-2-4-6-11/h2-6,10,12-13,16H,7-9H2,1H3,(H,17,18). The fourth-order valence-corrected chi connectivity index (χ4v) is 2.54. The SMILES string of the molecule is CC1CN(C(C(=O)O)c2ccccc2)CC(CO)O1. The van der Waals surface area contributed by atoms with Gasteiger partial charge in [-0.3, -0.25) is 9.69 Å². The predicted molar refractivity (Wildman–Crippen MR) is 69.8 cm³/mol. The molecule has 19 heavy (non-hydrogen) atoms. The third-order valence-corrected chi connectivity index (χ3v) is 3.27. The van der Waals surface area contributed by atoms with Gasteiger partial charge in [0.2, 0.25) is 0 Å². The van der Waals surface area contributed by atoms with Crippen molar-refractivity contribution in [1.82, 2.24) is 4.90 Å². The largest absolute Gasteiger partial charge is 0.480 e. The van der Waals surface area contributed by atoms with Crippen molar-refractivity contribution in [3.05, 3.63) is 35.9 Å². The van der Waals surface area contributed by atoms with Crippen LogP contribution >= 0.6 is 0 Å². The predicted octanol–water partition coefficient (Wildman–Crippen LogP) is 0.894. The fraction of sp³-hybridized carbons (Fsp3) is 0.500. The number of hydrogen-bond donors (Lipinski definition) is 2. The Morgan fingerprint density at radius 1 is 1.42 bits per heavy atom. The van der Waals surface area contributed by atoms with Gasteiger partial charge in [-0.15, -0.1) is 0 Å². The monoisotopic (exact) mass is 265 g/mol. The van der Waals surface area contributed by atoms with Crippen molar-refractivity contribution >= 4 is 5.97 Å². The Bertz CT molecular complexity index is 423. The Kier molecular flexibility index (Phi) is 4.52. The summed E-state index contributed by atoms with van der Waals surface area (Å²) in [5, 5.41) is 18.7. The summed E-state index contributed by atoms with van der Waals surface area (Å²) in [4.78, 5) is 13.4. The maximum absolute atomic E-state index is 11.6. The van der Waals surface area contributed by atoms with E-state index in [9.17, 15) is 15.0 Å². The molecule has 0 radical (unpaired) electrons. The summed E-state index contributed by atoms with van der Waals surface area (Å²) >= 11 is 0. The number of aliphatic carboxylic acids is 1. The minimum atomic E-state index is -0.878. The molecule has 5 nitrogen and oxygen atoms in total. The molecule has 0 amide bonds. The zero-order valence-electron chi connectivity index (χ0n) is 10.9. The van der Waals surface area contributed by atoms with E-state index >= 15 is 0 Å². The van der Waals surface area contributed by atoms with Crippen molar-refractivity contribution in [2.75, 3.05) is 19.7 Å². The number of carbonyl (C=O) groups is 1. The highest BCUT2D eigenvalue weighted by Crippen LogP contribution is 2.25. The highest BCUT2D eigenvalue weighted by Gasteiger charge is 2.34. The topological polar surface area (TPSA) is 70.0 Å². The van der Waals surface area contributed by atoms with Crippen LogP contribution in [0.5, 0.6) is 0 Å². The molecule has 5 heteroatoms. The van der Waals surface area contributed by atoms with E-state index in [1.54, 1.807) is 0 Å². The van der Waals surface area contributed by atoms with Gasteiger partial charge in [0.05, 0.1) is 18.8 Å². The van der Waals surface area contributed by atoms with Gasteiger partial charge in [-0.25, -0.2) is 0 Å². The molecule has 1 aliphatic heterocycles. The zero-order valence-corrected chi connectivity index (χ0v) is 10.9. The molecule has 2 N–H and O–H groups in total. The summed E-state index contributed by atoms with van der Waals surface area (Å²) in [6, 6.07) is 8.46. The van der Waals surface area contributed by atoms with E-state index in [-0.39, 0.29) is 18.8 Å². The average Bonchev–Trinajstić information content (AvgIpc) is 2.39. The molecular formula is C14H19NO4. The molecule has 1 aromatic rings. The van der Waals surface area contributed by atoms with Crippen LogP contribution in [0.25, 0.3) is 0 Å². The lowest BCUT2D eigenvalue weighted by atomic mass is 10.0. The van der Waals surface area contributed by atoms with Gasteiger partial charge in [-0.2, -0.15) is 0 Å². The molecule has 1 heterocycles. The summed E-state index contributed by atoms with van der Waals surface area (Å²) in [6.07, 6.45) is -0.411. The van der Waals surface area contributed by atoms with Crippen molar-refractivity contribution < 1.29 is 19.7 Å². The zero-order chi connectivity index (χ0) is 13.8. The Morgan fingerprint density at radius 2 is 2.11 bits per heavy atom. The van der Waals surface area contributed by atoms with E-state index in [4.69, 9.17) is 4.74 Å². The molecule has 3 atom stereocenters. The lowest BCUT2D eigenvalue weighted by Gasteiger charge is -2.39. The first-order valence-corrected chi connectivity index (χ1v) is 6.40. The third-order valence-electron chi connectivity index (χ3n) is 3.27. The molecule has 1 saturated heterocycles. The van der Waals surface area contributed by atoms with Crippen molar-refractivity contribution in [3.8, 4) is 0 Å². The van der Waals surface area contributed by atoms with Gasteiger partial charge in [-0.1, -0.05) is 30.3 Å². The number of hydrogen-bond acceptors (Lipinski definition) is 4.